The average Bonchev–Trinajstić information content (AvgIpc) is 1.87. The highest BCUT2D eigenvalue weighted by molar-refractivity contribution is 5.53. The molecule has 0 saturated carbocycles. The first kappa shape index (κ1) is 12.8. The van der Waals surface area contributed by atoms with Gasteiger partial charge in [-0.3, -0.25) is 0 Å². The highest BCUT2D eigenvalue weighted by atomic mass is 16.6. The molecule has 0 fully saturated rings. The van der Waals surface area contributed by atoms with Crippen LogP contribution >= 0.6 is 0 Å². The van der Waals surface area contributed by atoms with Crippen LogP contribution in [0.25, 0.3) is 0 Å². The zero-order valence-electron chi connectivity index (χ0n) is 6.40. The van der Waals surface area contributed by atoms with Crippen molar-refractivity contribution in [3.63, 3.8) is 0 Å². The summed E-state index contributed by atoms with van der Waals surface area (Å²) in [5.74, 6) is 0. The fourth-order valence-corrected chi connectivity index (χ4v) is 0.425. The van der Waals surface area contributed by atoms with E-state index >= 15 is 0 Å². The van der Waals surface area contributed by atoms with Gasteiger partial charge in [-0.2, -0.15) is 0 Å². The highest BCUT2D eigenvalue weighted by Gasteiger charge is 1.95. The van der Waals surface area contributed by atoms with Crippen LogP contribution in [0.1, 0.15) is 19.8 Å². The van der Waals surface area contributed by atoms with Gasteiger partial charge in [-0.05, 0) is 6.42 Å². The van der Waals surface area contributed by atoms with Crippen LogP contribution in [0.2, 0.25) is 0 Å². The summed E-state index contributed by atoms with van der Waals surface area (Å²) >= 11 is 0. The van der Waals surface area contributed by atoms with Crippen molar-refractivity contribution in [2.75, 3.05) is 6.61 Å². The number of carboxylic acid groups (broad SMARTS) is 2. The molecule has 11 heavy (non-hydrogen) atoms. The summed E-state index contributed by atoms with van der Waals surface area (Å²) in [6.45, 7) is 1.87. The molecule has 0 saturated heterocycles. The van der Waals surface area contributed by atoms with E-state index in [0.29, 0.717) is 6.42 Å². The SMILES string of the molecule is CCCC(O)CO.O=C(O)O. The van der Waals surface area contributed by atoms with Crippen LogP contribution in [0, 0.1) is 0 Å². The van der Waals surface area contributed by atoms with Gasteiger partial charge in [0.2, 0.25) is 0 Å². The first-order chi connectivity index (χ1) is 5.04. The quantitative estimate of drug-likeness (QED) is 0.485. The summed E-state index contributed by atoms with van der Waals surface area (Å²) in [5.41, 5.74) is 0. The van der Waals surface area contributed by atoms with Crippen molar-refractivity contribution in [2.45, 2.75) is 25.9 Å². The monoisotopic (exact) mass is 166 g/mol. The molecular formula is C6H14O5. The van der Waals surface area contributed by atoms with Crippen molar-refractivity contribution in [3.8, 4) is 0 Å². The van der Waals surface area contributed by atoms with Gasteiger partial charge in [-0.15, -0.1) is 0 Å². The Kier molecular flexibility index (Phi) is 10.7. The molecule has 0 amide bonds. The lowest BCUT2D eigenvalue weighted by molar-refractivity contribution is 0.0877. The summed E-state index contributed by atoms with van der Waals surface area (Å²) in [5, 5.41) is 30.8. The van der Waals surface area contributed by atoms with E-state index in [0.717, 1.165) is 6.42 Å². The van der Waals surface area contributed by atoms with Crippen molar-refractivity contribution in [1.82, 2.24) is 0 Å². The molecule has 68 valence electrons. The minimum Gasteiger partial charge on any atom is -0.450 e. The molecule has 0 aliphatic carbocycles. The first-order valence-corrected chi connectivity index (χ1v) is 3.25. The molecule has 0 radical (unpaired) electrons. The largest absolute Gasteiger partial charge is 0.503 e. The summed E-state index contributed by atoms with van der Waals surface area (Å²) in [6.07, 6.45) is -0.692. The summed E-state index contributed by atoms with van der Waals surface area (Å²) in [7, 11) is 0. The molecular weight excluding hydrogens is 152 g/mol. The van der Waals surface area contributed by atoms with Crippen LogP contribution in [-0.2, 0) is 0 Å². The van der Waals surface area contributed by atoms with Gasteiger partial charge in [0.05, 0.1) is 12.7 Å². The van der Waals surface area contributed by atoms with E-state index in [1.54, 1.807) is 0 Å². The molecule has 0 heterocycles. The van der Waals surface area contributed by atoms with Crippen LogP contribution < -0.4 is 0 Å². The van der Waals surface area contributed by atoms with Crippen molar-refractivity contribution in [3.05, 3.63) is 0 Å². The lowest BCUT2D eigenvalue weighted by Crippen LogP contribution is -2.10. The zero-order valence-corrected chi connectivity index (χ0v) is 6.40. The third-order valence-electron chi connectivity index (χ3n) is 0.833. The average molecular weight is 166 g/mol. The number of hydrogen-bond acceptors (Lipinski definition) is 3. The van der Waals surface area contributed by atoms with Crippen molar-refractivity contribution in [2.24, 2.45) is 0 Å². The normalized spacial score (nSPS) is 11.2. The second-order valence-corrected chi connectivity index (χ2v) is 1.91. The summed E-state index contributed by atoms with van der Waals surface area (Å²) in [4.78, 5) is 8.56. The van der Waals surface area contributed by atoms with E-state index < -0.39 is 12.3 Å². The molecule has 1 atom stereocenters. The molecule has 1 unspecified atom stereocenters. The van der Waals surface area contributed by atoms with E-state index in [9.17, 15) is 0 Å². The van der Waals surface area contributed by atoms with Gasteiger partial charge < -0.3 is 20.4 Å². The fraction of sp³-hybridized carbons (Fsp3) is 0.833. The lowest BCUT2D eigenvalue weighted by atomic mass is 10.2. The molecule has 0 aliphatic heterocycles. The molecule has 4 N–H and O–H groups in total. The number of aliphatic hydroxyl groups excluding tert-OH is 2. The second kappa shape index (κ2) is 9.19. The Labute approximate surface area is 64.9 Å². The van der Waals surface area contributed by atoms with Crippen LogP contribution in [0.4, 0.5) is 4.79 Å². The van der Waals surface area contributed by atoms with Crippen molar-refractivity contribution in [1.29, 1.82) is 0 Å². The Hall–Kier alpha value is -0.810. The summed E-state index contributed by atoms with van der Waals surface area (Å²) in [6, 6.07) is 0. The van der Waals surface area contributed by atoms with E-state index in [1.165, 1.54) is 0 Å². The lowest BCUT2D eigenvalue weighted by Gasteiger charge is -2.01. The fourth-order valence-electron chi connectivity index (χ4n) is 0.425. The van der Waals surface area contributed by atoms with Gasteiger partial charge in [0.25, 0.3) is 0 Å². The molecule has 0 rings (SSSR count). The maximum absolute atomic E-state index is 8.61. The van der Waals surface area contributed by atoms with Gasteiger partial charge >= 0.3 is 6.16 Å². The molecule has 0 aliphatic rings. The first-order valence-electron chi connectivity index (χ1n) is 3.25. The summed E-state index contributed by atoms with van der Waals surface area (Å²) < 4.78 is 0. The van der Waals surface area contributed by atoms with Gasteiger partial charge in [-0.1, -0.05) is 13.3 Å². The topological polar surface area (TPSA) is 98.0 Å². The number of carbonyl (C=O) groups is 1. The smallest absolute Gasteiger partial charge is 0.450 e. The molecule has 0 aromatic carbocycles. The maximum Gasteiger partial charge on any atom is 0.503 e. The Morgan fingerprint density at radius 2 is 1.82 bits per heavy atom. The number of hydrogen-bond donors (Lipinski definition) is 4. The zero-order chi connectivity index (χ0) is 9.28. The predicted octanol–water partition coefficient (Wildman–Crippen LogP) is 0.362. The Morgan fingerprint density at radius 3 is 1.91 bits per heavy atom. The van der Waals surface area contributed by atoms with Crippen molar-refractivity contribution < 1.29 is 25.2 Å². The molecule has 0 aromatic rings. The van der Waals surface area contributed by atoms with Gasteiger partial charge in [-0.25, -0.2) is 4.79 Å². The van der Waals surface area contributed by atoms with E-state index in [2.05, 4.69) is 0 Å². The number of rotatable bonds is 3. The van der Waals surface area contributed by atoms with Gasteiger partial charge in [0, 0.05) is 0 Å². The number of aliphatic hydroxyl groups is 2. The van der Waals surface area contributed by atoms with E-state index in [1.807, 2.05) is 6.92 Å². The molecule has 0 bridgehead atoms. The van der Waals surface area contributed by atoms with Crippen LogP contribution in [0.3, 0.4) is 0 Å². The molecule has 5 heteroatoms. The Balaban J connectivity index is 0. The van der Waals surface area contributed by atoms with Gasteiger partial charge in [0.1, 0.15) is 0 Å². The third kappa shape index (κ3) is 27.1. The Morgan fingerprint density at radius 1 is 1.45 bits per heavy atom. The van der Waals surface area contributed by atoms with Gasteiger partial charge in [0.15, 0.2) is 0 Å². The maximum atomic E-state index is 8.61. The van der Waals surface area contributed by atoms with Crippen molar-refractivity contribution >= 4 is 6.16 Å². The van der Waals surface area contributed by atoms with E-state index in [4.69, 9.17) is 25.2 Å². The van der Waals surface area contributed by atoms with Crippen LogP contribution in [-0.4, -0.2) is 39.3 Å². The minimum atomic E-state index is -1.83. The highest BCUT2D eigenvalue weighted by Crippen LogP contribution is 1.92. The standard InChI is InChI=1S/C5H12O2.CH2O3/c1-2-3-5(7)4-6;2-1(3)4/h5-7H,2-4H2,1H3;(H2,2,3,4). The predicted molar refractivity (Wildman–Crippen MR) is 38.7 cm³/mol. The third-order valence-corrected chi connectivity index (χ3v) is 0.833. The minimum absolute atomic E-state index is 0.103. The molecule has 0 spiro atoms. The van der Waals surface area contributed by atoms with E-state index in [-0.39, 0.29) is 6.61 Å². The second-order valence-electron chi connectivity index (χ2n) is 1.91. The molecule has 0 aromatic heterocycles. The van der Waals surface area contributed by atoms with Crippen LogP contribution in [0.15, 0.2) is 0 Å². The molecule has 5 nitrogen and oxygen atoms in total. The Bertz CT molecular complexity index is 89.0. The van der Waals surface area contributed by atoms with Crippen LogP contribution in [0.5, 0.6) is 0 Å².